The summed E-state index contributed by atoms with van der Waals surface area (Å²) in [7, 11) is 0. The van der Waals surface area contributed by atoms with Crippen molar-refractivity contribution in [1.29, 1.82) is 0 Å². The largest absolute Gasteiger partial charge is 0.399 e. The van der Waals surface area contributed by atoms with E-state index in [4.69, 9.17) is 5.73 Å². The first-order chi connectivity index (χ1) is 9.06. The van der Waals surface area contributed by atoms with Gasteiger partial charge in [0.15, 0.2) is 0 Å². The number of benzene rings is 1. The smallest absolute Gasteiger partial charge is 0.239 e. The second-order valence-electron chi connectivity index (χ2n) is 4.28. The van der Waals surface area contributed by atoms with Crippen LogP contribution < -0.4 is 11.1 Å². The van der Waals surface area contributed by atoms with Gasteiger partial charge in [-0.2, -0.15) is 0 Å². The van der Waals surface area contributed by atoms with Gasteiger partial charge in [-0.05, 0) is 31.5 Å². The Labute approximate surface area is 125 Å². The van der Waals surface area contributed by atoms with Gasteiger partial charge in [-0.15, -0.1) is 12.4 Å². The number of hydrogen-bond donors (Lipinski definition) is 2. The Morgan fingerprint density at radius 3 is 2.30 bits per heavy atom. The van der Waals surface area contributed by atoms with Gasteiger partial charge in [0.25, 0.3) is 0 Å². The number of amides is 2. The summed E-state index contributed by atoms with van der Waals surface area (Å²) in [5.74, 6) is -0.187. The fourth-order valence-electron chi connectivity index (χ4n) is 1.72. The van der Waals surface area contributed by atoms with Gasteiger partial charge in [0.1, 0.15) is 0 Å². The minimum Gasteiger partial charge on any atom is -0.399 e. The van der Waals surface area contributed by atoms with Crippen LogP contribution in [0.25, 0.3) is 0 Å². The first-order valence-corrected chi connectivity index (χ1v) is 6.45. The molecule has 1 rings (SSSR count). The number of anilines is 1. The molecule has 0 aliphatic carbocycles. The Balaban J connectivity index is 0.00000361. The van der Waals surface area contributed by atoms with Gasteiger partial charge in [0, 0.05) is 18.8 Å². The molecule has 0 aliphatic heterocycles. The zero-order chi connectivity index (χ0) is 14.3. The van der Waals surface area contributed by atoms with Crippen LogP contribution in [0.4, 0.5) is 5.69 Å². The molecule has 0 bridgehead atoms. The van der Waals surface area contributed by atoms with E-state index in [9.17, 15) is 9.59 Å². The maximum absolute atomic E-state index is 12.1. The summed E-state index contributed by atoms with van der Waals surface area (Å²) in [5.41, 5.74) is 7.16. The molecule has 3 N–H and O–H groups in total. The number of halogens is 1. The third-order valence-electron chi connectivity index (χ3n) is 2.78. The van der Waals surface area contributed by atoms with E-state index >= 15 is 0 Å². The molecule has 0 unspecified atom stereocenters. The number of nitrogens with two attached hydrogens (primary N) is 1. The standard InChI is InChI=1S/C14H21N3O2.ClH/c1-3-16-13(18)10-17(4-2)14(19)9-11-5-7-12(15)8-6-11;/h5-8H,3-4,9-10,15H2,1-2H3,(H,16,18);1H. The Bertz CT molecular complexity index is 435. The molecular weight excluding hydrogens is 278 g/mol. The number of nitrogens with one attached hydrogen (secondary N) is 1. The number of carbonyl (C=O) groups excluding carboxylic acids is 2. The van der Waals surface area contributed by atoms with Gasteiger partial charge in [0.2, 0.25) is 11.8 Å². The SMILES string of the molecule is CCNC(=O)CN(CC)C(=O)Cc1ccc(N)cc1.Cl. The highest BCUT2D eigenvalue weighted by atomic mass is 35.5. The van der Waals surface area contributed by atoms with Crippen molar-refractivity contribution in [1.82, 2.24) is 10.2 Å². The molecule has 20 heavy (non-hydrogen) atoms. The monoisotopic (exact) mass is 299 g/mol. The van der Waals surface area contributed by atoms with E-state index < -0.39 is 0 Å². The van der Waals surface area contributed by atoms with Crippen molar-refractivity contribution < 1.29 is 9.59 Å². The molecule has 0 heterocycles. The van der Waals surface area contributed by atoms with Crippen LogP contribution in [-0.2, 0) is 16.0 Å². The van der Waals surface area contributed by atoms with Gasteiger partial charge in [-0.25, -0.2) is 0 Å². The number of rotatable bonds is 6. The van der Waals surface area contributed by atoms with E-state index in [1.165, 1.54) is 0 Å². The summed E-state index contributed by atoms with van der Waals surface area (Å²) in [6.07, 6.45) is 0.285. The molecule has 112 valence electrons. The second-order valence-corrected chi connectivity index (χ2v) is 4.28. The molecule has 1 aromatic carbocycles. The summed E-state index contributed by atoms with van der Waals surface area (Å²) in [4.78, 5) is 25.1. The molecule has 1 aromatic rings. The highest BCUT2D eigenvalue weighted by Gasteiger charge is 2.15. The lowest BCUT2D eigenvalue weighted by Crippen LogP contribution is -2.41. The van der Waals surface area contributed by atoms with Crippen molar-refractivity contribution in [3.8, 4) is 0 Å². The maximum atomic E-state index is 12.1. The fourth-order valence-corrected chi connectivity index (χ4v) is 1.72. The van der Waals surface area contributed by atoms with Crippen molar-refractivity contribution in [2.75, 3.05) is 25.4 Å². The van der Waals surface area contributed by atoms with Crippen LogP contribution in [-0.4, -0.2) is 36.3 Å². The number of hydrogen-bond acceptors (Lipinski definition) is 3. The third kappa shape index (κ3) is 5.93. The molecule has 2 amide bonds. The third-order valence-corrected chi connectivity index (χ3v) is 2.78. The molecular formula is C14H22ClN3O2. The van der Waals surface area contributed by atoms with Gasteiger partial charge >= 0.3 is 0 Å². The van der Waals surface area contributed by atoms with Crippen LogP contribution in [0.2, 0.25) is 0 Å². The van der Waals surface area contributed by atoms with Gasteiger partial charge < -0.3 is 16.0 Å². The zero-order valence-electron chi connectivity index (χ0n) is 11.9. The summed E-state index contributed by atoms with van der Waals surface area (Å²) in [6, 6.07) is 7.19. The van der Waals surface area contributed by atoms with Crippen LogP contribution in [0, 0.1) is 0 Å². The highest BCUT2D eigenvalue weighted by Crippen LogP contribution is 2.07. The minimum absolute atomic E-state index is 0. The molecule has 0 fully saturated rings. The van der Waals surface area contributed by atoms with E-state index in [0.29, 0.717) is 18.8 Å². The lowest BCUT2D eigenvalue weighted by Gasteiger charge is -2.20. The Morgan fingerprint density at radius 2 is 1.80 bits per heavy atom. The van der Waals surface area contributed by atoms with Crippen molar-refractivity contribution in [3.05, 3.63) is 29.8 Å². The molecule has 0 saturated carbocycles. The summed E-state index contributed by atoms with van der Waals surface area (Å²) in [6.45, 7) is 4.91. The lowest BCUT2D eigenvalue weighted by molar-refractivity contribution is -0.135. The van der Waals surface area contributed by atoms with E-state index in [-0.39, 0.29) is 37.2 Å². The van der Waals surface area contributed by atoms with E-state index in [0.717, 1.165) is 5.56 Å². The number of carbonyl (C=O) groups is 2. The summed E-state index contributed by atoms with van der Waals surface area (Å²) < 4.78 is 0. The molecule has 0 aromatic heterocycles. The quantitative estimate of drug-likeness (QED) is 0.776. The molecule has 0 saturated heterocycles. The minimum atomic E-state index is -0.130. The Hall–Kier alpha value is -1.75. The maximum Gasteiger partial charge on any atom is 0.239 e. The lowest BCUT2D eigenvalue weighted by atomic mass is 10.1. The predicted molar refractivity (Wildman–Crippen MR) is 82.7 cm³/mol. The highest BCUT2D eigenvalue weighted by molar-refractivity contribution is 5.86. The second kappa shape index (κ2) is 9.20. The summed E-state index contributed by atoms with van der Waals surface area (Å²) in [5, 5.41) is 2.69. The normalized spacial score (nSPS) is 9.50. The van der Waals surface area contributed by atoms with Gasteiger partial charge in [0.05, 0.1) is 13.0 Å². The van der Waals surface area contributed by atoms with E-state index in [1.807, 2.05) is 26.0 Å². The fraction of sp³-hybridized carbons (Fsp3) is 0.429. The van der Waals surface area contributed by atoms with Crippen LogP contribution in [0.15, 0.2) is 24.3 Å². The topological polar surface area (TPSA) is 75.4 Å². The van der Waals surface area contributed by atoms with Crippen LogP contribution in [0.1, 0.15) is 19.4 Å². The Kier molecular flexibility index (Phi) is 8.40. The van der Waals surface area contributed by atoms with E-state index in [1.54, 1.807) is 17.0 Å². The van der Waals surface area contributed by atoms with Crippen molar-refractivity contribution >= 4 is 29.9 Å². The molecule has 0 aliphatic rings. The van der Waals surface area contributed by atoms with Crippen LogP contribution in [0.3, 0.4) is 0 Å². The molecule has 0 spiro atoms. The molecule has 0 atom stereocenters. The average Bonchev–Trinajstić information content (AvgIpc) is 2.39. The first-order valence-electron chi connectivity index (χ1n) is 6.45. The van der Waals surface area contributed by atoms with E-state index in [2.05, 4.69) is 5.32 Å². The van der Waals surface area contributed by atoms with Crippen LogP contribution in [0.5, 0.6) is 0 Å². The van der Waals surface area contributed by atoms with Crippen molar-refractivity contribution in [2.24, 2.45) is 0 Å². The van der Waals surface area contributed by atoms with Gasteiger partial charge in [-0.3, -0.25) is 9.59 Å². The molecule has 6 heteroatoms. The Morgan fingerprint density at radius 1 is 1.20 bits per heavy atom. The van der Waals surface area contributed by atoms with Crippen molar-refractivity contribution in [3.63, 3.8) is 0 Å². The first kappa shape index (κ1) is 18.2. The van der Waals surface area contributed by atoms with Gasteiger partial charge in [-0.1, -0.05) is 12.1 Å². The molecule has 0 radical (unpaired) electrons. The number of likely N-dealkylation sites (N-methyl/N-ethyl adjacent to an activating group) is 2. The van der Waals surface area contributed by atoms with Crippen molar-refractivity contribution in [2.45, 2.75) is 20.3 Å². The summed E-state index contributed by atoms with van der Waals surface area (Å²) >= 11 is 0. The molecule has 5 nitrogen and oxygen atoms in total. The van der Waals surface area contributed by atoms with Crippen LogP contribution >= 0.6 is 12.4 Å². The predicted octanol–water partition coefficient (Wildman–Crippen LogP) is 1.22. The zero-order valence-corrected chi connectivity index (χ0v) is 12.7. The number of nitrogen functional groups attached to an aromatic ring is 1. The number of nitrogens with zero attached hydrogens (tertiary/aromatic N) is 1. The average molecular weight is 300 g/mol.